The van der Waals surface area contributed by atoms with Crippen LogP contribution >= 0.6 is 0 Å². The fraction of sp³-hybridized carbons (Fsp3) is 0.312. The minimum atomic E-state index is -0.751. The molecule has 5 heteroatoms. The lowest BCUT2D eigenvalue weighted by atomic mass is 9.92. The molecule has 0 bridgehead atoms. The van der Waals surface area contributed by atoms with Crippen LogP contribution in [0.5, 0.6) is 5.75 Å². The molecule has 4 rings (SSSR count). The first-order chi connectivity index (χ1) is 17.6. The molecule has 37 heavy (non-hydrogen) atoms. The monoisotopic (exact) mass is 497 g/mol. The number of nitrogens with zero attached hydrogens (tertiary/aromatic N) is 1. The highest BCUT2D eigenvalue weighted by Gasteiger charge is 2.47. The van der Waals surface area contributed by atoms with Crippen LogP contribution in [0.25, 0.3) is 5.76 Å². The van der Waals surface area contributed by atoms with E-state index in [0.717, 1.165) is 28.0 Å². The predicted octanol–water partition coefficient (Wildman–Crippen LogP) is 7.27. The van der Waals surface area contributed by atoms with E-state index in [1.165, 1.54) is 4.90 Å². The molecule has 192 valence electrons. The van der Waals surface area contributed by atoms with Crippen LogP contribution in [0.2, 0.25) is 0 Å². The molecule has 1 aliphatic rings. The smallest absolute Gasteiger partial charge is 0.300 e. The third-order valence-electron chi connectivity index (χ3n) is 6.85. The lowest BCUT2D eigenvalue weighted by Gasteiger charge is -2.26. The standard InChI is InChI=1S/C32H35NO4/c1-7-37-27-16-13-24(18-26(27)20(4)5)30(34)28-29(23-10-8-9-21(6)17-23)33(32(36)31(28)35)25-14-11-22(12-15-25)19(2)3/h8-20,29,34H,7H2,1-6H3/b30-28-. The summed E-state index contributed by atoms with van der Waals surface area (Å²) in [5, 5.41) is 11.6. The molecule has 3 aromatic carbocycles. The molecule has 1 fully saturated rings. The Labute approximate surface area is 219 Å². The van der Waals surface area contributed by atoms with Crippen molar-refractivity contribution in [2.75, 3.05) is 11.5 Å². The molecule has 0 radical (unpaired) electrons. The number of amides is 1. The van der Waals surface area contributed by atoms with Crippen molar-refractivity contribution >= 4 is 23.1 Å². The summed E-state index contributed by atoms with van der Waals surface area (Å²) in [6, 6.07) is 20.1. The maximum absolute atomic E-state index is 13.5. The predicted molar refractivity (Wildman–Crippen MR) is 148 cm³/mol. The molecule has 1 heterocycles. The number of benzene rings is 3. The van der Waals surface area contributed by atoms with Crippen LogP contribution in [0.1, 0.15) is 80.3 Å². The average molecular weight is 498 g/mol. The van der Waals surface area contributed by atoms with Crippen LogP contribution in [0, 0.1) is 6.92 Å². The zero-order valence-corrected chi connectivity index (χ0v) is 22.4. The maximum Gasteiger partial charge on any atom is 0.300 e. The van der Waals surface area contributed by atoms with Gasteiger partial charge in [-0.05, 0) is 72.7 Å². The number of rotatable bonds is 7. The van der Waals surface area contributed by atoms with Crippen LogP contribution in [0.15, 0.2) is 72.3 Å². The van der Waals surface area contributed by atoms with Gasteiger partial charge in [0.1, 0.15) is 11.5 Å². The molecular formula is C32H35NO4. The van der Waals surface area contributed by atoms with Gasteiger partial charge in [-0.2, -0.15) is 0 Å². The summed E-state index contributed by atoms with van der Waals surface area (Å²) in [6.07, 6.45) is 0. The summed E-state index contributed by atoms with van der Waals surface area (Å²) in [4.78, 5) is 28.5. The number of hydrogen-bond donors (Lipinski definition) is 1. The van der Waals surface area contributed by atoms with Gasteiger partial charge < -0.3 is 9.84 Å². The molecule has 1 amide bonds. The quantitative estimate of drug-likeness (QED) is 0.212. The second-order valence-corrected chi connectivity index (χ2v) is 10.2. The van der Waals surface area contributed by atoms with E-state index in [1.54, 1.807) is 6.07 Å². The van der Waals surface area contributed by atoms with Crippen molar-refractivity contribution in [3.05, 3.63) is 100 Å². The Hall–Kier alpha value is -3.86. The molecule has 1 unspecified atom stereocenters. The number of hydrogen-bond acceptors (Lipinski definition) is 4. The van der Waals surface area contributed by atoms with Gasteiger partial charge in [0.15, 0.2) is 0 Å². The van der Waals surface area contributed by atoms with Crippen molar-refractivity contribution in [2.24, 2.45) is 0 Å². The highest BCUT2D eigenvalue weighted by Crippen LogP contribution is 2.43. The normalized spacial score (nSPS) is 17.2. The first kappa shape index (κ1) is 26.2. The molecule has 0 spiro atoms. The molecule has 1 N–H and O–H groups in total. The molecule has 1 atom stereocenters. The summed E-state index contributed by atoms with van der Waals surface area (Å²) in [5.41, 5.74) is 5.02. The van der Waals surface area contributed by atoms with Crippen molar-refractivity contribution in [2.45, 2.75) is 59.4 Å². The molecular weight excluding hydrogens is 462 g/mol. The zero-order valence-electron chi connectivity index (χ0n) is 22.4. The molecule has 1 saturated heterocycles. The van der Waals surface area contributed by atoms with E-state index >= 15 is 0 Å². The molecule has 0 aliphatic carbocycles. The average Bonchev–Trinajstić information content (AvgIpc) is 3.14. The number of carbonyl (C=O) groups excluding carboxylic acids is 2. The third-order valence-corrected chi connectivity index (χ3v) is 6.85. The largest absolute Gasteiger partial charge is 0.507 e. The van der Waals surface area contributed by atoms with Crippen molar-refractivity contribution < 1.29 is 19.4 Å². The van der Waals surface area contributed by atoms with Gasteiger partial charge >= 0.3 is 0 Å². The Kier molecular flexibility index (Phi) is 7.53. The fourth-order valence-corrected chi connectivity index (χ4v) is 4.86. The van der Waals surface area contributed by atoms with Crippen LogP contribution in [0.4, 0.5) is 5.69 Å². The van der Waals surface area contributed by atoms with Crippen LogP contribution in [-0.2, 0) is 9.59 Å². The third kappa shape index (κ3) is 5.04. The Morgan fingerprint density at radius 3 is 2.24 bits per heavy atom. The van der Waals surface area contributed by atoms with Crippen LogP contribution in [0.3, 0.4) is 0 Å². The summed E-state index contributed by atoms with van der Waals surface area (Å²) in [7, 11) is 0. The molecule has 0 aromatic heterocycles. The number of ketones is 1. The maximum atomic E-state index is 13.5. The van der Waals surface area contributed by atoms with Crippen LogP contribution < -0.4 is 9.64 Å². The summed E-state index contributed by atoms with van der Waals surface area (Å²) in [6.45, 7) is 12.7. The molecule has 0 saturated carbocycles. The van der Waals surface area contributed by atoms with Gasteiger partial charge in [-0.3, -0.25) is 14.5 Å². The fourth-order valence-electron chi connectivity index (χ4n) is 4.86. The van der Waals surface area contributed by atoms with Crippen molar-refractivity contribution in [1.82, 2.24) is 0 Å². The van der Waals surface area contributed by atoms with Gasteiger partial charge in [0.05, 0.1) is 18.2 Å². The zero-order chi connectivity index (χ0) is 26.9. The number of Topliss-reactive ketones (excluding diaryl/α,β-unsaturated/α-hetero) is 1. The molecule has 5 nitrogen and oxygen atoms in total. The minimum absolute atomic E-state index is 0.0856. The number of ether oxygens (including phenoxy) is 1. The van der Waals surface area contributed by atoms with E-state index in [-0.39, 0.29) is 17.3 Å². The number of aryl methyl sites for hydroxylation is 1. The van der Waals surface area contributed by atoms with E-state index < -0.39 is 17.7 Å². The lowest BCUT2D eigenvalue weighted by molar-refractivity contribution is -0.132. The van der Waals surface area contributed by atoms with E-state index in [0.29, 0.717) is 23.8 Å². The number of aliphatic hydroxyl groups is 1. The Morgan fingerprint density at radius 1 is 0.946 bits per heavy atom. The van der Waals surface area contributed by atoms with E-state index in [9.17, 15) is 14.7 Å². The summed E-state index contributed by atoms with van der Waals surface area (Å²) >= 11 is 0. The van der Waals surface area contributed by atoms with Crippen molar-refractivity contribution in [3.63, 3.8) is 0 Å². The van der Waals surface area contributed by atoms with E-state index in [2.05, 4.69) is 13.8 Å². The molecule has 3 aromatic rings. The Bertz CT molecular complexity index is 1350. The first-order valence-corrected chi connectivity index (χ1v) is 12.9. The van der Waals surface area contributed by atoms with Gasteiger partial charge in [0.25, 0.3) is 11.7 Å². The van der Waals surface area contributed by atoms with E-state index in [4.69, 9.17) is 4.74 Å². The number of aliphatic hydroxyl groups excluding tert-OH is 1. The van der Waals surface area contributed by atoms with Gasteiger partial charge in [0, 0.05) is 11.3 Å². The van der Waals surface area contributed by atoms with Gasteiger partial charge in [0.2, 0.25) is 0 Å². The minimum Gasteiger partial charge on any atom is -0.507 e. The van der Waals surface area contributed by atoms with Gasteiger partial charge in [-0.25, -0.2) is 0 Å². The summed E-state index contributed by atoms with van der Waals surface area (Å²) < 4.78 is 5.77. The number of anilines is 1. The molecule has 1 aliphatic heterocycles. The van der Waals surface area contributed by atoms with Crippen molar-refractivity contribution in [3.8, 4) is 5.75 Å². The highest BCUT2D eigenvalue weighted by atomic mass is 16.5. The van der Waals surface area contributed by atoms with Crippen molar-refractivity contribution in [1.29, 1.82) is 0 Å². The Balaban J connectivity index is 1.91. The summed E-state index contributed by atoms with van der Waals surface area (Å²) in [5.74, 6) is -0.307. The van der Waals surface area contributed by atoms with Gasteiger partial charge in [-0.1, -0.05) is 69.7 Å². The number of carbonyl (C=O) groups is 2. The SMILES string of the molecule is CCOc1ccc(/C(O)=C2/C(=O)C(=O)N(c3ccc(C(C)C)cc3)C2c2cccc(C)c2)cc1C(C)C. The topological polar surface area (TPSA) is 66.8 Å². The second kappa shape index (κ2) is 10.6. The highest BCUT2D eigenvalue weighted by molar-refractivity contribution is 6.51. The Morgan fingerprint density at radius 2 is 1.65 bits per heavy atom. The lowest BCUT2D eigenvalue weighted by Crippen LogP contribution is -2.29. The van der Waals surface area contributed by atoms with Gasteiger partial charge in [-0.15, -0.1) is 0 Å². The van der Waals surface area contributed by atoms with E-state index in [1.807, 2.05) is 88.4 Å². The second-order valence-electron chi connectivity index (χ2n) is 10.2. The van der Waals surface area contributed by atoms with Crippen LogP contribution in [-0.4, -0.2) is 23.4 Å². The first-order valence-electron chi connectivity index (χ1n) is 12.9.